The minimum atomic E-state index is -2.37. The van der Waals surface area contributed by atoms with Crippen LogP contribution in [-0.2, 0) is 0 Å². The Labute approximate surface area is 67.2 Å². The summed E-state index contributed by atoms with van der Waals surface area (Å²) in [5, 5.41) is 2.96. The van der Waals surface area contributed by atoms with Crippen LogP contribution < -0.4 is 5.32 Å². The van der Waals surface area contributed by atoms with Gasteiger partial charge >= 0.3 is 0 Å². The minimum Gasteiger partial charge on any atom is -0.314 e. The molecule has 68 valence electrons. The predicted octanol–water partition coefficient (Wildman–Crippen LogP) is 2.42. The summed E-state index contributed by atoms with van der Waals surface area (Å²) in [5.74, 6) is -2.37. The average Bonchev–Trinajstić information content (AvgIpc) is 1.89. The lowest BCUT2D eigenvalue weighted by Gasteiger charge is -2.35. The Balaban J connectivity index is 0.000000461. The molecule has 1 saturated carbocycles. The van der Waals surface area contributed by atoms with Crippen molar-refractivity contribution in [1.82, 2.24) is 5.32 Å². The van der Waals surface area contributed by atoms with E-state index in [4.69, 9.17) is 0 Å². The van der Waals surface area contributed by atoms with Crippen molar-refractivity contribution in [3.63, 3.8) is 0 Å². The van der Waals surface area contributed by atoms with E-state index >= 15 is 0 Å². The zero-order valence-electron chi connectivity index (χ0n) is 7.45. The van der Waals surface area contributed by atoms with E-state index in [9.17, 15) is 8.78 Å². The second-order valence-corrected chi connectivity index (χ2v) is 2.52. The third kappa shape index (κ3) is 3.65. The van der Waals surface area contributed by atoms with Gasteiger partial charge in [0, 0.05) is 18.9 Å². The first-order chi connectivity index (χ1) is 5.14. The maximum Gasteiger partial charge on any atom is 0.251 e. The summed E-state index contributed by atoms with van der Waals surface area (Å²) < 4.78 is 24.1. The first kappa shape index (κ1) is 10.8. The van der Waals surface area contributed by atoms with Crippen molar-refractivity contribution in [2.75, 3.05) is 6.54 Å². The fourth-order valence-electron chi connectivity index (χ4n) is 1.09. The van der Waals surface area contributed by atoms with Gasteiger partial charge in [-0.1, -0.05) is 20.8 Å². The van der Waals surface area contributed by atoms with Gasteiger partial charge in [0.2, 0.25) is 0 Å². The molecule has 0 atom stereocenters. The predicted molar refractivity (Wildman–Crippen MR) is 43.0 cm³/mol. The van der Waals surface area contributed by atoms with Crippen LogP contribution in [0, 0.1) is 0 Å². The van der Waals surface area contributed by atoms with Crippen LogP contribution in [0.2, 0.25) is 0 Å². The van der Waals surface area contributed by atoms with E-state index in [1.165, 1.54) is 0 Å². The van der Waals surface area contributed by atoms with E-state index in [1.54, 1.807) is 0 Å². The molecule has 3 heteroatoms. The van der Waals surface area contributed by atoms with Crippen molar-refractivity contribution in [3.05, 3.63) is 0 Å². The number of halogens is 2. The van der Waals surface area contributed by atoms with Crippen LogP contribution >= 0.6 is 0 Å². The summed E-state index contributed by atoms with van der Waals surface area (Å²) >= 11 is 0. The molecular formula is C8H17F2N. The monoisotopic (exact) mass is 165 g/mol. The molecule has 1 fully saturated rings. The van der Waals surface area contributed by atoms with Crippen LogP contribution in [0.25, 0.3) is 0 Å². The number of hydrogen-bond donors (Lipinski definition) is 1. The van der Waals surface area contributed by atoms with Gasteiger partial charge in [-0.15, -0.1) is 0 Å². The van der Waals surface area contributed by atoms with Gasteiger partial charge in [0.25, 0.3) is 5.92 Å². The minimum absolute atomic E-state index is 0.0286. The quantitative estimate of drug-likeness (QED) is 0.662. The SMILES string of the molecule is CC.CCNC1CC(F)(F)C1. The van der Waals surface area contributed by atoms with Gasteiger partial charge in [-0.3, -0.25) is 0 Å². The smallest absolute Gasteiger partial charge is 0.251 e. The van der Waals surface area contributed by atoms with Crippen molar-refractivity contribution < 1.29 is 8.78 Å². The Morgan fingerprint density at radius 2 is 1.82 bits per heavy atom. The molecule has 0 aromatic rings. The molecule has 1 aliphatic carbocycles. The van der Waals surface area contributed by atoms with Gasteiger partial charge in [-0.25, -0.2) is 8.78 Å². The topological polar surface area (TPSA) is 12.0 Å². The highest BCUT2D eigenvalue weighted by Crippen LogP contribution is 2.37. The first-order valence-corrected chi connectivity index (χ1v) is 4.25. The Hall–Kier alpha value is -0.180. The van der Waals surface area contributed by atoms with Gasteiger partial charge in [0.05, 0.1) is 0 Å². The second-order valence-electron chi connectivity index (χ2n) is 2.52. The van der Waals surface area contributed by atoms with E-state index < -0.39 is 5.92 Å². The summed E-state index contributed by atoms with van der Waals surface area (Å²) in [6, 6.07) is 0.0741. The molecule has 0 aromatic carbocycles. The molecule has 1 aliphatic rings. The number of hydrogen-bond acceptors (Lipinski definition) is 1. The van der Waals surface area contributed by atoms with E-state index in [1.807, 2.05) is 20.8 Å². The normalized spacial score (nSPS) is 21.5. The molecule has 1 nitrogen and oxygen atoms in total. The molecule has 0 unspecified atom stereocenters. The Morgan fingerprint density at radius 1 is 1.36 bits per heavy atom. The lowest BCUT2D eigenvalue weighted by Crippen LogP contribution is -2.48. The van der Waals surface area contributed by atoms with Crippen molar-refractivity contribution in [1.29, 1.82) is 0 Å². The molecule has 0 saturated heterocycles. The van der Waals surface area contributed by atoms with Crippen molar-refractivity contribution in [2.24, 2.45) is 0 Å². The van der Waals surface area contributed by atoms with Crippen LogP contribution in [0.5, 0.6) is 0 Å². The number of alkyl halides is 2. The Kier molecular flexibility index (Phi) is 4.57. The summed E-state index contributed by atoms with van der Waals surface area (Å²) in [7, 11) is 0. The highest BCUT2D eigenvalue weighted by molar-refractivity contribution is 4.90. The molecule has 0 aliphatic heterocycles. The molecular weight excluding hydrogens is 148 g/mol. The fourth-order valence-corrected chi connectivity index (χ4v) is 1.09. The van der Waals surface area contributed by atoms with Gasteiger partial charge in [-0.2, -0.15) is 0 Å². The van der Waals surface area contributed by atoms with Crippen molar-refractivity contribution >= 4 is 0 Å². The van der Waals surface area contributed by atoms with E-state index in [0.717, 1.165) is 6.54 Å². The molecule has 0 bridgehead atoms. The summed E-state index contributed by atoms with van der Waals surface area (Å²) in [5.41, 5.74) is 0. The van der Waals surface area contributed by atoms with Gasteiger partial charge in [0.1, 0.15) is 0 Å². The largest absolute Gasteiger partial charge is 0.314 e. The van der Waals surface area contributed by atoms with E-state index in [0.29, 0.717) is 0 Å². The zero-order chi connectivity index (χ0) is 8.91. The first-order valence-electron chi connectivity index (χ1n) is 4.25. The standard InChI is InChI=1S/C6H11F2N.C2H6/c1-2-9-5-3-6(7,8)4-5;1-2/h5,9H,2-4H2,1H3;1-2H3. The lowest BCUT2D eigenvalue weighted by molar-refractivity contribution is -0.0922. The number of rotatable bonds is 2. The third-order valence-corrected chi connectivity index (χ3v) is 1.58. The average molecular weight is 165 g/mol. The Morgan fingerprint density at radius 3 is 2.09 bits per heavy atom. The zero-order valence-corrected chi connectivity index (χ0v) is 7.45. The maximum atomic E-state index is 12.1. The molecule has 11 heavy (non-hydrogen) atoms. The molecule has 0 amide bonds. The molecule has 0 spiro atoms. The third-order valence-electron chi connectivity index (χ3n) is 1.58. The van der Waals surface area contributed by atoms with Gasteiger partial charge < -0.3 is 5.32 Å². The molecule has 1 rings (SSSR count). The van der Waals surface area contributed by atoms with Crippen LogP contribution in [0.15, 0.2) is 0 Å². The number of nitrogens with one attached hydrogen (secondary N) is 1. The van der Waals surface area contributed by atoms with Gasteiger partial charge in [0.15, 0.2) is 0 Å². The van der Waals surface area contributed by atoms with Crippen LogP contribution in [-0.4, -0.2) is 18.5 Å². The van der Waals surface area contributed by atoms with Crippen molar-refractivity contribution in [2.45, 2.75) is 45.6 Å². The summed E-state index contributed by atoms with van der Waals surface area (Å²) in [6.07, 6.45) is 0.0572. The van der Waals surface area contributed by atoms with Crippen LogP contribution in [0.1, 0.15) is 33.6 Å². The van der Waals surface area contributed by atoms with E-state index in [-0.39, 0.29) is 18.9 Å². The summed E-state index contributed by atoms with van der Waals surface area (Å²) in [4.78, 5) is 0. The molecule has 0 heterocycles. The fraction of sp³-hybridized carbons (Fsp3) is 1.00. The molecule has 0 aromatic heterocycles. The van der Waals surface area contributed by atoms with Crippen LogP contribution in [0.3, 0.4) is 0 Å². The molecule has 0 radical (unpaired) electrons. The lowest BCUT2D eigenvalue weighted by atomic mass is 9.88. The molecule has 1 N–H and O–H groups in total. The maximum absolute atomic E-state index is 12.1. The van der Waals surface area contributed by atoms with Gasteiger partial charge in [-0.05, 0) is 6.54 Å². The van der Waals surface area contributed by atoms with E-state index in [2.05, 4.69) is 5.32 Å². The summed E-state index contributed by atoms with van der Waals surface area (Å²) in [6.45, 7) is 6.72. The second kappa shape index (κ2) is 4.65. The highest BCUT2D eigenvalue weighted by Gasteiger charge is 2.44. The highest BCUT2D eigenvalue weighted by atomic mass is 19.3. The van der Waals surface area contributed by atoms with Crippen molar-refractivity contribution in [3.8, 4) is 0 Å². The van der Waals surface area contributed by atoms with Crippen LogP contribution in [0.4, 0.5) is 8.78 Å². The Bertz CT molecular complexity index is 96.3.